The zero-order valence-electron chi connectivity index (χ0n) is 15.3. The summed E-state index contributed by atoms with van der Waals surface area (Å²) < 4.78 is 5.78. The van der Waals surface area contributed by atoms with Crippen LogP contribution in [0.15, 0.2) is 34.9 Å². The number of para-hydroxylation sites is 1. The number of rotatable bonds is 5. The lowest BCUT2D eigenvalue weighted by atomic mass is 9.97. The van der Waals surface area contributed by atoms with E-state index in [9.17, 15) is 4.79 Å². The van der Waals surface area contributed by atoms with E-state index < -0.39 is 0 Å². The minimum atomic E-state index is -0.158. The molecule has 0 saturated heterocycles. The Morgan fingerprint density at radius 1 is 1.28 bits per heavy atom. The van der Waals surface area contributed by atoms with Gasteiger partial charge in [0.05, 0.1) is 12.1 Å². The van der Waals surface area contributed by atoms with Crippen LogP contribution >= 0.6 is 0 Å². The van der Waals surface area contributed by atoms with Gasteiger partial charge in [0, 0.05) is 29.1 Å². The number of oxazole rings is 1. The maximum atomic E-state index is 12.2. The topological polar surface area (TPSA) is 70.9 Å². The smallest absolute Gasteiger partial charge is 0.227 e. The molecule has 0 fully saturated rings. The van der Waals surface area contributed by atoms with Gasteiger partial charge in [-0.1, -0.05) is 39.0 Å². The lowest BCUT2D eigenvalue weighted by Gasteiger charge is -2.12. The van der Waals surface area contributed by atoms with Crippen LogP contribution in [0.5, 0.6) is 0 Å². The molecule has 0 atom stereocenters. The molecule has 132 valence electrons. The van der Waals surface area contributed by atoms with Gasteiger partial charge >= 0.3 is 0 Å². The third kappa shape index (κ3) is 3.92. The van der Waals surface area contributed by atoms with E-state index in [0.29, 0.717) is 18.2 Å². The summed E-state index contributed by atoms with van der Waals surface area (Å²) in [6, 6.07) is 8.18. The number of nitrogens with zero attached hydrogens (tertiary/aromatic N) is 1. The molecule has 2 aromatic heterocycles. The number of benzene rings is 1. The van der Waals surface area contributed by atoms with E-state index in [1.165, 1.54) is 10.9 Å². The molecule has 3 aromatic rings. The molecule has 0 bridgehead atoms. The number of amides is 1. The third-order valence-electron chi connectivity index (χ3n) is 4.25. The molecular formula is C20H25N3O2. The fraction of sp³-hybridized carbons (Fsp3) is 0.400. The van der Waals surface area contributed by atoms with Gasteiger partial charge < -0.3 is 14.7 Å². The fourth-order valence-corrected chi connectivity index (χ4v) is 2.80. The van der Waals surface area contributed by atoms with Crippen LogP contribution in [0.4, 0.5) is 0 Å². The molecule has 0 aliphatic rings. The average Bonchev–Trinajstić information content (AvgIpc) is 3.12. The Kier molecular flexibility index (Phi) is 4.66. The van der Waals surface area contributed by atoms with Gasteiger partial charge in [0.25, 0.3) is 0 Å². The first-order chi connectivity index (χ1) is 11.8. The van der Waals surface area contributed by atoms with Crippen LogP contribution < -0.4 is 5.32 Å². The zero-order valence-corrected chi connectivity index (χ0v) is 15.3. The van der Waals surface area contributed by atoms with Gasteiger partial charge in [-0.25, -0.2) is 4.98 Å². The summed E-state index contributed by atoms with van der Waals surface area (Å²) in [5.74, 6) is 1.28. The fourth-order valence-electron chi connectivity index (χ4n) is 2.80. The second-order valence-corrected chi connectivity index (χ2v) is 7.41. The van der Waals surface area contributed by atoms with Gasteiger partial charge in [0.15, 0.2) is 5.89 Å². The van der Waals surface area contributed by atoms with Crippen molar-refractivity contribution in [2.75, 3.05) is 6.54 Å². The predicted octanol–water partition coefficient (Wildman–Crippen LogP) is 3.66. The summed E-state index contributed by atoms with van der Waals surface area (Å²) >= 11 is 0. The maximum absolute atomic E-state index is 12.2. The third-order valence-corrected chi connectivity index (χ3v) is 4.25. The molecule has 0 aliphatic heterocycles. The number of aromatic nitrogens is 2. The van der Waals surface area contributed by atoms with Gasteiger partial charge in [-0.05, 0) is 25.0 Å². The monoisotopic (exact) mass is 339 g/mol. The maximum Gasteiger partial charge on any atom is 0.227 e. The van der Waals surface area contributed by atoms with Crippen LogP contribution in [-0.4, -0.2) is 22.4 Å². The Labute approximate surface area is 147 Å². The largest absolute Gasteiger partial charge is 0.444 e. The van der Waals surface area contributed by atoms with Crippen molar-refractivity contribution in [2.45, 2.75) is 46.0 Å². The minimum absolute atomic E-state index is 0.0421. The van der Waals surface area contributed by atoms with Crippen molar-refractivity contribution < 1.29 is 9.21 Å². The molecule has 0 unspecified atom stereocenters. The van der Waals surface area contributed by atoms with Crippen molar-refractivity contribution >= 4 is 16.8 Å². The van der Waals surface area contributed by atoms with Gasteiger partial charge in [-0.3, -0.25) is 4.79 Å². The summed E-state index contributed by atoms with van der Waals surface area (Å²) in [5, 5.41) is 4.17. The van der Waals surface area contributed by atoms with E-state index in [4.69, 9.17) is 4.42 Å². The van der Waals surface area contributed by atoms with Crippen LogP contribution in [0.2, 0.25) is 0 Å². The number of carbonyl (C=O) groups is 1. The van der Waals surface area contributed by atoms with Gasteiger partial charge in [-0.2, -0.15) is 0 Å². The Balaban J connectivity index is 1.56. The summed E-state index contributed by atoms with van der Waals surface area (Å²) in [4.78, 5) is 19.9. The Hall–Kier alpha value is -2.56. The summed E-state index contributed by atoms with van der Waals surface area (Å²) in [6.45, 7) is 8.61. The summed E-state index contributed by atoms with van der Waals surface area (Å²) in [5.41, 5.74) is 2.96. The van der Waals surface area contributed by atoms with Crippen LogP contribution in [0.1, 0.15) is 43.7 Å². The average molecular weight is 339 g/mol. The molecule has 0 radical (unpaired) electrons. The van der Waals surface area contributed by atoms with Crippen molar-refractivity contribution in [3.8, 4) is 0 Å². The first-order valence-electron chi connectivity index (χ1n) is 8.63. The molecule has 1 amide bonds. The molecule has 5 heteroatoms. The lowest BCUT2D eigenvalue weighted by molar-refractivity contribution is -0.120. The van der Waals surface area contributed by atoms with Crippen LogP contribution in [-0.2, 0) is 23.1 Å². The Morgan fingerprint density at radius 2 is 2.04 bits per heavy atom. The number of H-pyrrole nitrogens is 1. The molecule has 0 saturated carbocycles. The van der Waals surface area contributed by atoms with Crippen molar-refractivity contribution in [1.82, 2.24) is 15.3 Å². The molecule has 25 heavy (non-hydrogen) atoms. The van der Waals surface area contributed by atoms with Crippen LogP contribution in [0.3, 0.4) is 0 Å². The summed E-state index contributed by atoms with van der Waals surface area (Å²) in [6.07, 6.45) is 3.02. The zero-order chi connectivity index (χ0) is 18.0. The second kappa shape index (κ2) is 6.75. The van der Waals surface area contributed by atoms with E-state index in [-0.39, 0.29) is 17.7 Å². The number of nitrogens with one attached hydrogen (secondary N) is 2. The number of hydrogen-bond donors (Lipinski definition) is 2. The van der Waals surface area contributed by atoms with Gasteiger partial charge in [-0.15, -0.1) is 0 Å². The summed E-state index contributed by atoms with van der Waals surface area (Å²) in [7, 11) is 0. The normalized spacial score (nSPS) is 11.8. The van der Waals surface area contributed by atoms with Gasteiger partial charge in [0.1, 0.15) is 5.76 Å². The van der Waals surface area contributed by atoms with E-state index in [2.05, 4.69) is 27.4 Å². The van der Waals surface area contributed by atoms with Crippen LogP contribution in [0.25, 0.3) is 10.9 Å². The molecule has 3 rings (SSSR count). The molecule has 2 N–H and O–H groups in total. The van der Waals surface area contributed by atoms with E-state index in [0.717, 1.165) is 17.6 Å². The number of hydrogen-bond acceptors (Lipinski definition) is 3. The number of aromatic amines is 1. The Morgan fingerprint density at radius 3 is 2.76 bits per heavy atom. The first kappa shape index (κ1) is 17.3. The van der Waals surface area contributed by atoms with Crippen molar-refractivity contribution in [3.63, 3.8) is 0 Å². The van der Waals surface area contributed by atoms with E-state index >= 15 is 0 Å². The SMILES string of the molecule is Cc1nc(C(C)(C)C)oc1CC(=O)NCCc1c[nH]c2ccccc12. The quantitative estimate of drug-likeness (QED) is 0.745. The molecular weight excluding hydrogens is 314 g/mol. The van der Waals surface area contributed by atoms with Crippen molar-refractivity contribution in [1.29, 1.82) is 0 Å². The highest BCUT2D eigenvalue weighted by atomic mass is 16.4. The van der Waals surface area contributed by atoms with Gasteiger partial charge in [0.2, 0.25) is 5.91 Å². The number of carbonyl (C=O) groups excluding carboxylic acids is 1. The van der Waals surface area contributed by atoms with Crippen molar-refractivity contribution in [2.24, 2.45) is 0 Å². The van der Waals surface area contributed by atoms with Crippen LogP contribution in [0, 0.1) is 6.92 Å². The molecule has 2 heterocycles. The Bertz CT molecular complexity index is 884. The number of aryl methyl sites for hydroxylation is 1. The van der Waals surface area contributed by atoms with Crippen molar-refractivity contribution in [3.05, 3.63) is 53.4 Å². The number of fused-ring (bicyclic) bond motifs is 1. The van der Waals surface area contributed by atoms with E-state index in [1.54, 1.807) is 0 Å². The first-order valence-corrected chi connectivity index (χ1v) is 8.63. The molecule has 0 aliphatic carbocycles. The standard InChI is InChI=1S/C20H25N3O2/c1-13-17(25-19(23-13)20(2,3)4)11-18(24)21-10-9-14-12-22-16-8-6-5-7-15(14)16/h5-8,12,22H,9-11H2,1-4H3,(H,21,24). The second-order valence-electron chi connectivity index (χ2n) is 7.41. The highest BCUT2D eigenvalue weighted by molar-refractivity contribution is 5.83. The lowest BCUT2D eigenvalue weighted by Crippen LogP contribution is -2.27. The minimum Gasteiger partial charge on any atom is -0.444 e. The highest BCUT2D eigenvalue weighted by Crippen LogP contribution is 2.24. The highest BCUT2D eigenvalue weighted by Gasteiger charge is 2.23. The molecule has 1 aromatic carbocycles. The molecule has 0 spiro atoms. The molecule has 5 nitrogen and oxygen atoms in total. The predicted molar refractivity (Wildman–Crippen MR) is 98.7 cm³/mol. The van der Waals surface area contributed by atoms with E-state index in [1.807, 2.05) is 46.0 Å².